The van der Waals surface area contributed by atoms with Crippen LogP contribution in [-0.2, 0) is 20.6 Å². The van der Waals surface area contributed by atoms with Crippen LogP contribution in [0.4, 0.5) is 5.82 Å². The highest BCUT2D eigenvalue weighted by atomic mass is 31.2. The van der Waals surface area contributed by atoms with E-state index >= 15 is 0 Å². The maximum absolute atomic E-state index is 10.4. The number of hydrogen-bond donors (Lipinski definition) is 4. The maximum atomic E-state index is 10.4. The number of hydrogen-bond acceptors (Lipinski definition) is 7. The summed E-state index contributed by atoms with van der Waals surface area (Å²) in [7, 11) is -4.46. The van der Waals surface area contributed by atoms with Crippen molar-refractivity contribution in [3.8, 4) is 0 Å². The van der Waals surface area contributed by atoms with Gasteiger partial charge in [-0.25, -0.2) is 9.55 Å². The lowest BCUT2D eigenvalue weighted by Crippen LogP contribution is -2.32. The van der Waals surface area contributed by atoms with Gasteiger partial charge in [0.05, 0.1) is 25.2 Å². The molecule has 10 nitrogen and oxygen atoms in total. The van der Waals surface area contributed by atoms with E-state index in [-0.39, 0.29) is 25.9 Å². The van der Waals surface area contributed by atoms with Crippen molar-refractivity contribution < 1.29 is 23.6 Å². The molecule has 0 spiro atoms. The molecule has 0 saturated heterocycles. The van der Waals surface area contributed by atoms with E-state index in [2.05, 4.69) is 26.4 Å². The summed E-state index contributed by atoms with van der Waals surface area (Å²) in [6, 6.07) is 0. The van der Waals surface area contributed by atoms with Crippen LogP contribution >= 0.6 is 7.82 Å². The van der Waals surface area contributed by atoms with Crippen LogP contribution in [0.5, 0.6) is 0 Å². The normalized spacial score (nSPS) is 14.7. The molecule has 5 N–H and O–H groups in total. The van der Waals surface area contributed by atoms with Gasteiger partial charge >= 0.3 is 7.82 Å². The molecule has 0 amide bonds. The van der Waals surface area contributed by atoms with E-state index in [4.69, 9.17) is 20.3 Å². The van der Waals surface area contributed by atoms with Gasteiger partial charge in [0, 0.05) is 0 Å². The Labute approximate surface area is 114 Å². The highest BCUT2D eigenvalue weighted by molar-refractivity contribution is 7.46. The third-order valence-corrected chi connectivity index (χ3v) is 2.84. The van der Waals surface area contributed by atoms with Crippen LogP contribution in [0.2, 0.25) is 0 Å². The van der Waals surface area contributed by atoms with Gasteiger partial charge in [0.1, 0.15) is 12.4 Å². The number of aromatic nitrogens is 2. The zero-order valence-electron chi connectivity index (χ0n) is 10.4. The van der Waals surface area contributed by atoms with E-state index < -0.39 is 7.82 Å². The fraction of sp³-hybridized carbons (Fsp3) is 0.333. The van der Waals surface area contributed by atoms with Crippen LogP contribution in [0.25, 0.3) is 5.70 Å². The number of ether oxygens (including phenoxy) is 1. The van der Waals surface area contributed by atoms with E-state index in [9.17, 15) is 4.57 Å². The molecule has 1 aliphatic rings. The topological polar surface area (TPSA) is 144 Å². The minimum atomic E-state index is -4.46. The third-order valence-electron chi connectivity index (χ3n) is 2.32. The molecule has 2 heterocycles. The molecule has 1 aromatic heterocycles. The minimum Gasteiger partial charge on any atom is -0.369 e. The molecule has 0 saturated carbocycles. The number of aliphatic imine (C=N–C) groups is 1. The van der Waals surface area contributed by atoms with Crippen LogP contribution in [-0.4, -0.2) is 38.5 Å². The average molecular weight is 303 g/mol. The van der Waals surface area contributed by atoms with Crippen molar-refractivity contribution in [1.29, 1.82) is 0 Å². The summed E-state index contributed by atoms with van der Waals surface area (Å²) in [6.45, 7) is 3.64. The lowest BCUT2D eigenvalue weighted by Gasteiger charge is -2.14. The summed E-state index contributed by atoms with van der Waals surface area (Å²) in [6.07, 6.45) is 1.50. The van der Waals surface area contributed by atoms with E-state index in [1.165, 1.54) is 6.33 Å². The number of phosphoric ester groups is 1. The van der Waals surface area contributed by atoms with Crippen LogP contribution in [0.3, 0.4) is 0 Å². The SMILES string of the molecule is C=C1NC(N)=Nc2c1ncn2COCCOP(=O)(O)O. The Balaban J connectivity index is 1.90. The Morgan fingerprint density at radius 3 is 2.95 bits per heavy atom. The quantitative estimate of drug-likeness (QED) is 0.406. The Kier molecular flexibility index (Phi) is 4.21. The first-order chi connectivity index (χ1) is 9.37. The maximum Gasteiger partial charge on any atom is 0.469 e. The van der Waals surface area contributed by atoms with Crippen LogP contribution in [0, 0.1) is 0 Å². The molecule has 0 fully saturated rings. The highest BCUT2D eigenvalue weighted by Crippen LogP contribution is 2.35. The van der Waals surface area contributed by atoms with Crippen molar-refractivity contribution in [2.75, 3.05) is 13.2 Å². The van der Waals surface area contributed by atoms with Gasteiger partial charge in [-0.1, -0.05) is 6.58 Å². The van der Waals surface area contributed by atoms with Crippen molar-refractivity contribution in [3.05, 3.63) is 18.6 Å². The Hall–Kier alpha value is -1.71. The van der Waals surface area contributed by atoms with Gasteiger partial charge in [0.25, 0.3) is 0 Å². The third kappa shape index (κ3) is 3.65. The average Bonchev–Trinajstić information content (AvgIpc) is 2.70. The van der Waals surface area contributed by atoms with Crippen LogP contribution in [0.15, 0.2) is 17.9 Å². The number of nitrogens with one attached hydrogen (secondary N) is 1. The molecule has 0 unspecified atom stereocenters. The molecule has 0 radical (unpaired) electrons. The number of phosphoric acid groups is 1. The van der Waals surface area contributed by atoms with Crippen LogP contribution in [0.1, 0.15) is 5.69 Å². The number of nitrogens with zero attached hydrogens (tertiary/aromatic N) is 3. The predicted molar refractivity (Wildman–Crippen MR) is 69.6 cm³/mol. The largest absolute Gasteiger partial charge is 0.469 e. The van der Waals surface area contributed by atoms with Gasteiger partial charge in [0.2, 0.25) is 0 Å². The number of imidazole rings is 1. The number of rotatable bonds is 6. The summed E-state index contributed by atoms with van der Waals surface area (Å²) >= 11 is 0. The Morgan fingerprint density at radius 2 is 2.25 bits per heavy atom. The van der Waals surface area contributed by atoms with Crippen molar-refractivity contribution in [3.63, 3.8) is 0 Å². The minimum absolute atomic E-state index is 0.0104. The fourth-order valence-electron chi connectivity index (χ4n) is 1.53. The summed E-state index contributed by atoms with van der Waals surface area (Å²) < 4.78 is 21.5. The van der Waals surface area contributed by atoms with Crippen molar-refractivity contribution in [2.45, 2.75) is 6.73 Å². The Morgan fingerprint density at radius 1 is 1.50 bits per heavy atom. The Bertz CT molecular complexity index is 592. The zero-order valence-corrected chi connectivity index (χ0v) is 11.3. The lowest BCUT2D eigenvalue weighted by atomic mass is 10.3. The predicted octanol–water partition coefficient (Wildman–Crippen LogP) is -0.513. The molecular formula is C9H14N5O5P. The van der Waals surface area contributed by atoms with E-state index in [0.717, 1.165) is 0 Å². The fourth-order valence-corrected chi connectivity index (χ4v) is 1.85. The second-order valence-corrected chi connectivity index (χ2v) is 5.09. The van der Waals surface area contributed by atoms with E-state index in [1.54, 1.807) is 4.57 Å². The first-order valence-corrected chi connectivity index (χ1v) is 7.03. The summed E-state index contributed by atoms with van der Waals surface area (Å²) in [5, 5.41) is 2.75. The number of fused-ring (bicyclic) bond motifs is 1. The van der Waals surface area contributed by atoms with Gasteiger partial charge in [0.15, 0.2) is 11.8 Å². The monoisotopic (exact) mass is 303 g/mol. The summed E-state index contributed by atoms with van der Waals surface area (Å²) in [4.78, 5) is 25.2. The molecule has 0 aromatic carbocycles. The second kappa shape index (κ2) is 5.73. The molecule has 1 aliphatic heterocycles. The van der Waals surface area contributed by atoms with Crippen molar-refractivity contribution in [1.82, 2.24) is 14.9 Å². The van der Waals surface area contributed by atoms with Gasteiger partial charge < -0.3 is 25.6 Å². The van der Waals surface area contributed by atoms with Gasteiger partial charge in [-0.05, 0) is 0 Å². The van der Waals surface area contributed by atoms with Crippen molar-refractivity contribution in [2.24, 2.45) is 10.7 Å². The van der Waals surface area contributed by atoms with Crippen molar-refractivity contribution >= 4 is 25.3 Å². The highest BCUT2D eigenvalue weighted by Gasteiger charge is 2.19. The van der Waals surface area contributed by atoms with E-state index in [1.807, 2.05) is 0 Å². The molecule has 0 atom stereocenters. The zero-order chi connectivity index (χ0) is 14.8. The molecule has 11 heteroatoms. The molecule has 0 bridgehead atoms. The summed E-state index contributed by atoms with van der Waals surface area (Å²) in [5.41, 5.74) is 6.68. The van der Waals surface area contributed by atoms with Gasteiger partial charge in [-0.3, -0.25) is 9.09 Å². The molecule has 1 aromatic rings. The molecule has 0 aliphatic carbocycles. The number of guanidine groups is 1. The lowest BCUT2D eigenvalue weighted by molar-refractivity contribution is 0.0465. The number of nitrogens with two attached hydrogens (primary N) is 1. The van der Waals surface area contributed by atoms with Gasteiger partial charge in [-0.15, -0.1) is 0 Å². The first-order valence-electron chi connectivity index (χ1n) is 5.50. The molecule has 110 valence electrons. The molecular weight excluding hydrogens is 289 g/mol. The molecule has 20 heavy (non-hydrogen) atoms. The first kappa shape index (κ1) is 14.7. The molecule has 2 rings (SSSR count). The second-order valence-electron chi connectivity index (χ2n) is 3.85. The standard InChI is InChI=1S/C9H14N5O5P/c1-6-7-8(13-9(10)12-6)14(4-11-7)5-18-2-3-19-20(15,16)17/h4H,1-3,5H2,(H3,10,12,13)(H2,15,16,17). The smallest absolute Gasteiger partial charge is 0.369 e. The summed E-state index contributed by atoms with van der Waals surface area (Å²) in [5.74, 6) is 0.705. The van der Waals surface area contributed by atoms with Crippen LogP contribution < -0.4 is 11.1 Å². The van der Waals surface area contributed by atoms with E-state index in [0.29, 0.717) is 17.2 Å². The van der Waals surface area contributed by atoms with Gasteiger partial charge in [-0.2, -0.15) is 4.99 Å².